The van der Waals surface area contributed by atoms with Crippen molar-refractivity contribution in [1.29, 1.82) is 0 Å². The van der Waals surface area contributed by atoms with E-state index in [2.05, 4.69) is 27.3 Å². The highest BCUT2D eigenvalue weighted by molar-refractivity contribution is 5.93. The molecular weight excluding hydrogens is 352 g/mol. The van der Waals surface area contributed by atoms with Gasteiger partial charge in [-0.2, -0.15) is 0 Å². The molecule has 0 aliphatic carbocycles. The molecule has 1 saturated heterocycles. The topological polar surface area (TPSA) is 66.8 Å². The third-order valence-electron chi connectivity index (χ3n) is 5.28. The van der Waals surface area contributed by atoms with Gasteiger partial charge in [-0.1, -0.05) is 18.2 Å². The van der Waals surface area contributed by atoms with Crippen LogP contribution in [0.2, 0.25) is 0 Å². The molecule has 0 saturated carbocycles. The molecule has 0 radical (unpaired) electrons. The van der Waals surface area contributed by atoms with E-state index >= 15 is 0 Å². The Balaban J connectivity index is 1.38. The van der Waals surface area contributed by atoms with Gasteiger partial charge in [-0.3, -0.25) is 4.79 Å². The SMILES string of the molecule is O=C1CCc2cc(/C=C/C(=O)N3CCCN(c4ccccc4)CC3)c[nH+]c2N1. The summed E-state index contributed by atoms with van der Waals surface area (Å²) in [6.07, 6.45) is 7.48. The van der Waals surface area contributed by atoms with E-state index in [1.165, 1.54) is 5.69 Å². The fraction of sp³-hybridized carbons (Fsp3) is 0.318. The molecule has 28 heavy (non-hydrogen) atoms. The van der Waals surface area contributed by atoms with E-state index in [0.29, 0.717) is 6.42 Å². The Labute approximate surface area is 164 Å². The fourth-order valence-corrected chi connectivity index (χ4v) is 3.73. The third kappa shape index (κ3) is 4.22. The average molecular weight is 377 g/mol. The lowest BCUT2D eigenvalue weighted by atomic mass is 10.0. The van der Waals surface area contributed by atoms with Gasteiger partial charge in [0.2, 0.25) is 5.91 Å². The number of carbonyl (C=O) groups is 2. The number of fused-ring (bicyclic) bond motifs is 1. The first-order valence-electron chi connectivity index (χ1n) is 9.80. The zero-order valence-electron chi connectivity index (χ0n) is 15.9. The van der Waals surface area contributed by atoms with Crippen LogP contribution in [0.25, 0.3) is 6.08 Å². The summed E-state index contributed by atoms with van der Waals surface area (Å²) in [6.45, 7) is 3.30. The Morgan fingerprint density at radius 1 is 1.07 bits per heavy atom. The summed E-state index contributed by atoms with van der Waals surface area (Å²) in [5, 5.41) is 2.83. The number of hydrogen-bond donors (Lipinski definition) is 1. The standard InChI is InChI=1S/C22H24N4O2/c27-20-9-8-18-15-17(16-23-22(18)24-20)7-10-21(28)26-12-4-11-25(13-14-26)19-5-2-1-3-6-19/h1-3,5-7,10,15-16H,4,8-9,11-14H2,(H,23,24,27)/p+1/b10-7+. The highest BCUT2D eigenvalue weighted by Gasteiger charge is 2.22. The van der Waals surface area contributed by atoms with Crippen molar-refractivity contribution in [3.63, 3.8) is 0 Å². The van der Waals surface area contributed by atoms with Crippen LogP contribution in [0.15, 0.2) is 48.7 Å². The van der Waals surface area contributed by atoms with Crippen LogP contribution in [0.4, 0.5) is 11.5 Å². The lowest BCUT2D eigenvalue weighted by Crippen LogP contribution is -2.34. The van der Waals surface area contributed by atoms with E-state index in [4.69, 9.17) is 0 Å². The molecule has 4 rings (SSSR count). The smallest absolute Gasteiger partial charge is 0.307 e. The number of carbonyl (C=O) groups excluding carboxylic acids is 2. The van der Waals surface area contributed by atoms with Crippen molar-refractivity contribution in [2.24, 2.45) is 0 Å². The number of H-pyrrole nitrogens is 1. The van der Waals surface area contributed by atoms with Crippen molar-refractivity contribution in [3.05, 3.63) is 59.8 Å². The van der Waals surface area contributed by atoms with Crippen molar-refractivity contribution in [2.45, 2.75) is 19.3 Å². The molecule has 0 bridgehead atoms. The van der Waals surface area contributed by atoms with Gasteiger partial charge in [0, 0.05) is 49.1 Å². The van der Waals surface area contributed by atoms with E-state index in [9.17, 15) is 9.59 Å². The summed E-state index contributed by atoms with van der Waals surface area (Å²) >= 11 is 0. The molecule has 2 aliphatic heterocycles. The Kier molecular flexibility index (Phi) is 5.37. The van der Waals surface area contributed by atoms with Gasteiger partial charge in [0.1, 0.15) is 0 Å². The van der Waals surface area contributed by atoms with Crippen LogP contribution in [0.3, 0.4) is 0 Å². The number of aromatic amines is 1. The minimum Gasteiger partial charge on any atom is -0.370 e. The highest BCUT2D eigenvalue weighted by atomic mass is 16.2. The molecule has 1 fully saturated rings. The molecule has 2 aromatic rings. The maximum atomic E-state index is 12.7. The number of nitrogens with zero attached hydrogens (tertiary/aromatic N) is 2. The van der Waals surface area contributed by atoms with E-state index in [-0.39, 0.29) is 11.8 Å². The molecule has 144 valence electrons. The second kappa shape index (κ2) is 8.25. The van der Waals surface area contributed by atoms with Crippen molar-refractivity contribution in [1.82, 2.24) is 4.90 Å². The third-order valence-corrected chi connectivity index (χ3v) is 5.28. The van der Waals surface area contributed by atoms with Gasteiger partial charge < -0.3 is 9.80 Å². The van der Waals surface area contributed by atoms with Crippen LogP contribution in [-0.2, 0) is 16.0 Å². The van der Waals surface area contributed by atoms with Crippen LogP contribution in [0, 0.1) is 0 Å². The van der Waals surface area contributed by atoms with Gasteiger partial charge in [-0.05, 0) is 37.1 Å². The number of aryl methyl sites for hydroxylation is 1. The van der Waals surface area contributed by atoms with E-state index in [1.807, 2.05) is 41.4 Å². The Bertz CT molecular complexity index is 895. The highest BCUT2D eigenvalue weighted by Crippen LogP contribution is 2.19. The quantitative estimate of drug-likeness (QED) is 0.834. The number of anilines is 2. The zero-order chi connectivity index (χ0) is 19.3. The molecule has 1 aromatic carbocycles. The number of nitrogens with one attached hydrogen (secondary N) is 2. The van der Waals surface area contributed by atoms with Crippen molar-refractivity contribution in [2.75, 3.05) is 36.4 Å². The Morgan fingerprint density at radius 2 is 1.93 bits per heavy atom. The average Bonchev–Trinajstić information content (AvgIpc) is 2.99. The molecular formula is C22H25N4O2+. The minimum absolute atomic E-state index is 0.0351. The zero-order valence-corrected chi connectivity index (χ0v) is 15.9. The van der Waals surface area contributed by atoms with Crippen molar-refractivity contribution in [3.8, 4) is 0 Å². The number of para-hydroxylation sites is 1. The Hall–Kier alpha value is -3.15. The van der Waals surface area contributed by atoms with Gasteiger partial charge in [0.05, 0.1) is 12.6 Å². The molecule has 6 heteroatoms. The first-order valence-corrected chi connectivity index (χ1v) is 9.80. The number of benzene rings is 1. The largest absolute Gasteiger partial charge is 0.370 e. The van der Waals surface area contributed by atoms with Gasteiger partial charge in [-0.25, -0.2) is 15.1 Å². The summed E-state index contributed by atoms with van der Waals surface area (Å²) in [7, 11) is 0. The van der Waals surface area contributed by atoms with Gasteiger partial charge in [0.25, 0.3) is 5.82 Å². The molecule has 6 nitrogen and oxygen atoms in total. The summed E-state index contributed by atoms with van der Waals surface area (Å²) in [5.74, 6) is 0.835. The monoisotopic (exact) mass is 377 g/mol. The van der Waals surface area contributed by atoms with Crippen molar-refractivity contribution < 1.29 is 14.6 Å². The van der Waals surface area contributed by atoms with Gasteiger partial charge >= 0.3 is 5.91 Å². The van der Waals surface area contributed by atoms with E-state index in [0.717, 1.165) is 56.0 Å². The van der Waals surface area contributed by atoms with Crippen molar-refractivity contribution >= 4 is 29.4 Å². The second-order valence-corrected chi connectivity index (χ2v) is 7.22. The van der Waals surface area contributed by atoms with E-state index in [1.54, 1.807) is 6.08 Å². The molecule has 2 N–H and O–H groups in total. The first kappa shape index (κ1) is 18.2. The molecule has 1 aromatic heterocycles. The number of aromatic nitrogens is 1. The number of pyridine rings is 1. The van der Waals surface area contributed by atoms with Crippen LogP contribution in [0.1, 0.15) is 24.0 Å². The molecule has 0 atom stereocenters. The summed E-state index contributed by atoms with van der Waals surface area (Å²) in [5.41, 5.74) is 3.22. The van der Waals surface area contributed by atoms with Crippen LogP contribution in [-0.4, -0.2) is 42.9 Å². The summed E-state index contributed by atoms with van der Waals surface area (Å²) < 4.78 is 0. The molecule has 0 unspecified atom stereocenters. The molecule has 2 amide bonds. The predicted molar refractivity (Wildman–Crippen MR) is 109 cm³/mol. The van der Waals surface area contributed by atoms with E-state index < -0.39 is 0 Å². The van der Waals surface area contributed by atoms with Gasteiger partial charge in [0.15, 0.2) is 0 Å². The number of rotatable bonds is 3. The summed E-state index contributed by atoms with van der Waals surface area (Å²) in [4.78, 5) is 31.5. The van der Waals surface area contributed by atoms with Crippen LogP contribution < -0.4 is 15.2 Å². The minimum atomic E-state index is 0.0351. The normalized spacial score (nSPS) is 17.2. The van der Waals surface area contributed by atoms with Gasteiger partial charge in [-0.15, -0.1) is 0 Å². The van der Waals surface area contributed by atoms with Crippen LogP contribution >= 0.6 is 0 Å². The fourth-order valence-electron chi connectivity index (χ4n) is 3.73. The maximum Gasteiger partial charge on any atom is 0.307 e. The van der Waals surface area contributed by atoms with Crippen LogP contribution in [0.5, 0.6) is 0 Å². The first-order chi connectivity index (χ1) is 13.7. The molecule has 3 heterocycles. The molecule has 0 spiro atoms. The lowest BCUT2D eigenvalue weighted by Gasteiger charge is -2.23. The Morgan fingerprint density at radius 3 is 2.79 bits per heavy atom. The summed E-state index contributed by atoms with van der Waals surface area (Å²) in [6, 6.07) is 12.4. The number of amides is 2. The lowest BCUT2D eigenvalue weighted by molar-refractivity contribution is -0.361. The molecule has 2 aliphatic rings. The second-order valence-electron chi connectivity index (χ2n) is 7.22. The predicted octanol–water partition coefficient (Wildman–Crippen LogP) is 2.14. The maximum absolute atomic E-state index is 12.7. The number of hydrogen-bond acceptors (Lipinski definition) is 3.